The van der Waals surface area contributed by atoms with Crippen molar-refractivity contribution in [2.45, 2.75) is 38.6 Å². The Morgan fingerprint density at radius 3 is 2.53 bits per heavy atom. The molecule has 1 aliphatic heterocycles. The highest BCUT2D eigenvalue weighted by Crippen LogP contribution is 2.50. The van der Waals surface area contributed by atoms with Crippen LogP contribution >= 0.6 is 0 Å². The number of amides is 1. The molecule has 0 bridgehead atoms. The van der Waals surface area contributed by atoms with E-state index >= 15 is 0 Å². The number of likely N-dealkylation sites (tertiary alicyclic amines) is 1. The van der Waals surface area contributed by atoms with E-state index in [0.717, 1.165) is 38.8 Å². The minimum atomic E-state index is -3.10. The average molecular weight is 286 g/mol. The summed E-state index contributed by atoms with van der Waals surface area (Å²) in [4.78, 5) is 14.2. The third kappa shape index (κ3) is 2.65. The van der Waals surface area contributed by atoms with E-state index in [1.54, 1.807) is 0 Å². The van der Waals surface area contributed by atoms with E-state index in [2.05, 4.69) is 11.6 Å². The van der Waals surface area contributed by atoms with Crippen molar-refractivity contribution in [2.75, 3.05) is 19.3 Å². The van der Waals surface area contributed by atoms with E-state index in [4.69, 9.17) is 0 Å². The number of hydrogen-bond donors (Lipinski definition) is 1. The fraction of sp³-hybridized carbons (Fsp3) is 0.923. The average Bonchev–Trinajstić information content (AvgIpc) is 2.80. The first-order chi connectivity index (χ1) is 8.78. The minimum absolute atomic E-state index is 0.0740. The Labute approximate surface area is 114 Å². The molecule has 1 saturated heterocycles. The molecule has 5 nitrogen and oxygen atoms in total. The van der Waals surface area contributed by atoms with Gasteiger partial charge in [-0.3, -0.25) is 4.79 Å². The third-order valence-electron chi connectivity index (χ3n) is 4.92. The highest BCUT2D eigenvalue weighted by Gasteiger charge is 2.52. The van der Waals surface area contributed by atoms with Gasteiger partial charge in [-0.2, -0.15) is 0 Å². The van der Waals surface area contributed by atoms with Gasteiger partial charge in [0, 0.05) is 25.0 Å². The van der Waals surface area contributed by atoms with Gasteiger partial charge in [-0.15, -0.1) is 0 Å². The molecule has 3 aliphatic rings. The van der Waals surface area contributed by atoms with Crippen LogP contribution in [0.1, 0.15) is 32.6 Å². The molecule has 2 aliphatic carbocycles. The molecule has 0 aromatic heterocycles. The molecule has 0 radical (unpaired) electrons. The molecule has 3 fully saturated rings. The standard InChI is InChI=1S/C13H22N2O3S/c1-9-5-11(9)12(16)15-4-3-13(8-15)6-10(7-13)14-19(2,17)18/h9-11,14H,3-8H2,1-2H3. The summed E-state index contributed by atoms with van der Waals surface area (Å²) in [7, 11) is -3.10. The first-order valence-corrected chi connectivity index (χ1v) is 8.93. The van der Waals surface area contributed by atoms with E-state index in [1.807, 2.05) is 4.90 Å². The molecule has 2 saturated carbocycles. The predicted molar refractivity (Wildman–Crippen MR) is 71.9 cm³/mol. The summed E-state index contributed by atoms with van der Waals surface area (Å²) in [5, 5.41) is 0. The molecule has 0 aromatic carbocycles. The lowest BCUT2D eigenvalue weighted by atomic mass is 9.65. The van der Waals surface area contributed by atoms with Crippen molar-refractivity contribution < 1.29 is 13.2 Å². The summed E-state index contributed by atoms with van der Waals surface area (Å²) in [5.41, 5.74) is 0.191. The van der Waals surface area contributed by atoms with Crippen molar-refractivity contribution in [2.24, 2.45) is 17.3 Å². The molecular weight excluding hydrogens is 264 g/mol. The van der Waals surface area contributed by atoms with Crippen LogP contribution in [-0.2, 0) is 14.8 Å². The SMILES string of the molecule is CC1CC1C(=O)N1CCC2(CC(NS(C)(=O)=O)C2)C1. The van der Waals surface area contributed by atoms with Crippen LogP contribution in [0.25, 0.3) is 0 Å². The highest BCUT2D eigenvalue weighted by molar-refractivity contribution is 7.88. The Balaban J connectivity index is 1.52. The Morgan fingerprint density at radius 2 is 2.00 bits per heavy atom. The van der Waals surface area contributed by atoms with Crippen molar-refractivity contribution >= 4 is 15.9 Å². The number of sulfonamides is 1. The molecule has 1 amide bonds. The van der Waals surface area contributed by atoms with Crippen molar-refractivity contribution in [3.05, 3.63) is 0 Å². The van der Waals surface area contributed by atoms with Crippen LogP contribution in [0.3, 0.4) is 0 Å². The van der Waals surface area contributed by atoms with Gasteiger partial charge in [-0.05, 0) is 37.0 Å². The summed E-state index contributed by atoms with van der Waals surface area (Å²) in [6.07, 6.45) is 5.04. The van der Waals surface area contributed by atoms with Gasteiger partial charge in [0.1, 0.15) is 0 Å². The lowest BCUT2D eigenvalue weighted by Gasteiger charge is -2.45. The van der Waals surface area contributed by atoms with Crippen molar-refractivity contribution in [1.82, 2.24) is 9.62 Å². The maximum Gasteiger partial charge on any atom is 0.225 e. The number of hydrogen-bond acceptors (Lipinski definition) is 3. The van der Waals surface area contributed by atoms with Crippen LogP contribution in [0.2, 0.25) is 0 Å². The Morgan fingerprint density at radius 1 is 1.37 bits per heavy atom. The Hall–Kier alpha value is -0.620. The largest absolute Gasteiger partial charge is 0.342 e. The van der Waals surface area contributed by atoms with E-state index in [1.165, 1.54) is 6.26 Å². The van der Waals surface area contributed by atoms with Crippen LogP contribution in [0, 0.1) is 17.3 Å². The molecule has 108 valence electrons. The molecule has 6 heteroatoms. The monoisotopic (exact) mass is 286 g/mol. The summed E-state index contributed by atoms with van der Waals surface area (Å²) in [6, 6.07) is 0.0740. The van der Waals surface area contributed by atoms with E-state index in [-0.39, 0.29) is 17.4 Å². The van der Waals surface area contributed by atoms with E-state index in [9.17, 15) is 13.2 Å². The van der Waals surface area contributed by atoms with Crippen LogP contribution in [-0.4, -0.2) is 44.6 Å². The lowest BCUT2D eigenvalue weighted by Crippen LogP contribution is -2.51. The van der Waals surface area contributed by atoms with Gasteiger partial charge in [-0.1, -0.05) is 6.92 Å². The van der Waals surface area contributed by atoms with Gasteiger partial charge in [0.25, 0.3) is 0 Å². The number of carbonyl (C=O) groups excluding carboxylic acids is 1. The number of carbonyl (C=O) groups is 1. The molecule has 1 N–H and O–H groups in total. The summed E-state index contributed by atoms with van der Waals surface area (Å²) in [5.74, 6) is 1.15. The first kappa shape index (κ1) is 13.4. The van der Waals surface area contributed by atoms with Crippen LogP contribution in [0.15, 0.2) is 0 Å². The topological polar surface area (TPSA) is 66.5 Å². The zero-order valence-corrected chi connectivity index (χ0v) is 12.4. The maximum absolute atomic E-state index is 12.2. The van der Waals surface area contributed by atoms with Gasteiger partial charge in [0.2, 0.25) is 15.9 Å². The van der Waals surface area contributed by atoms with Gasteiger partial charge in [0.15, 0.2) is 0 Å². The fourth-order valence-electron chi connectivity index (χ4n) is 3.73. The summed E-state index contributed by atoms with van der Waals surface area (Å²) >= 11 is 0. The molecule has 2 atom stereocenters. The zero-order valence-electron chi connectivity index (χ0n) is 11.6. The molecule has 3 rings (SSSR count). The normalized spacial score (nSPS) is 41.4. The highest BCUT2D eigenvalue weighted by atomic mass is 32.2. The van der Waals surface area contributed by atoms with Crippen LogP contribution < -0.4 is 4.72 Å². The summed E-state index contributed by atoms with van der Waals surface area (Å²) in [6.45, 7) is 3.81. The second-order valence-electron chi connectivity index (χ2n) is 6.82. The predicted octanol–water partition coefficient (Wildman–Crippen LogP) is 0.573. The lowest BCUT2D eigenvalue weighted by molar-refractivity contribution is -0.132. The van der Waals surface area contributed by atoms with E-state index in [0.29, 0.717) is 11.8 Å². The Bertz CT molecular complexity index is 496. The number of nitrogens with zero attached hydrogens (tertiary/aromatic N) is 1. The van der Waals surface area contributed by atoms with Crippen molar-refractivity contribution in [3.63, 3.8) is 0 Å². The zero-order chi connectivity index (χ0) is 13.8. The molecular formula is C13H22N2O3S. The van der Waals surface area contributed by atoms with Gasteiger partial charge < -0.3 is 4.90 Å². The Kier molecular flexibility index (Phi) is 2.94. The van der Waals surface area contributed by atoms with Gasteiger partial charge in [-0.25, -0.2) is 13.1 Å². The second-order valence-corrected chi connectivity index (χ2v) is 8.60. The maximum atomic E-state index is 12.2. The molecule has 1 heterocycles. The fourth-order valence-corrected chi connectivity index (χ4v) is 4.50. The van der Waals surface area contributed by atoms with Crippen LogP contribution in [0.5, 0.6) is 0 Å². The van der Waals surface area contributed by atoms with Crippen LogP contribution in [0.4, 0.5) is 0 Å². The molecule has 2 unspecified atom stereocenters. The van der Waals surface area contributed by atoms with E-state index < -0.39 is 10.0 Å². The smallest absolute Gasteiger partial charge is 0.225 e. The molecule has 0 aromatic rings. The molecule has 1 spiro atoms. The number of rotatable bonds is 3. The second kappa shape index (κ2) is 4.19. The van der Waals surface area contributed by atoms with Gasteiger partial charge in [0.05, 0.1) is 6.26 Å². The summed E-state index contributed by atoms with van der Waals surface area (Å²) < 4.78 is 25.0. The quantitative estimate of drug-likeness (QED) is 0.825. The first-order valence-electron chi connectivity index (χ1n) is 7.04. The minimum Gasteiger partial charge on any atom is -0.342 e. The number of nitrogens with one attached hydrogen (secondary N) is 1. The molecule has 19 heavy (non-hydrogen) atoms. The van der Waals surface area contributed by atoms with Crippen molar-refractivity contribution in [3.8, 4) is 0 Å². The van der Waals surface area contributed by atoms with Crippen molar-refractivity contribution in [1.29, 1.82) is 0 Å². The van der Waals surface area contributed by atoms with Gasteiger partial charge >= 0.3 is 0 Å². The third-order valence-corrected chi connectivity index (χ3v) is 5.68.